The summed E-state index contributed by atoms with van der Waals surface area (Å²) in [4.78, 5) is 0. The lowest BCUT2D eigenvalue weighted by Gasteiger charge is -2.26. The Hall–Kier alpha value is -1.09. The zero-order chi connectivity index (χ0) is 12.8. The SMILES string of the molecule is CCNC(c1c(F)cccc1OC)C(C)CC. The first-order chi connectivity index (χ1) is 8.15. The third kappa shape index (κ3) is 3.19. The largest absolute Gasteiger partial charge is 0.496 e. The van der Waals surface area contributed by atoms with Crippen molar-refractivity contribution in [1.29, 1.82) is 0 Å². The van der Waals surface area contributed by atoms with Gasteiger partial charge in [0.2, 0.25) is 0 Å². The average Bonchev–Trinajstić information content (AvgIpc) is 2.35. The van der Waals surface area contributed by atoms with E-state index in [0.29, 0.717) is 17.2 Å². The molecule has 0 aliphatic rings. The number of hydrogen-bond acceptors (Lipinski definition) is 2. The van der Waals surface area contributed by atoms with Crippen molar-refractivity contribution in [3.05, 3.63) is 29.6 Å². The van der Waals surface area contributed by atoms with Crippen LogP contribution in [0.15, 0.2) is 18.2 Å². The predicted octanol–water partition coefficient (Wildman–Crippen LogP) is 3.53. The van der Waals surface area contributed by atoms with E-state index in [9.17, 15) is 4.39 Å². The fourth-order valence-corrected chi connectivity index (χ4v) is 2.04. The van der Waals surface area contributed by atoms with Crippen LogP contribution in [-0.2, 0) is 0 Å². The van der Waals surface area contributed by atoms with Crippen LogP contribution >= 0.6 is 0 Å². The summed E-state index contributed by atoms with van der Waals surface area (Å²) in [5.74, 6) is 0.785. The fraction of sp³-hybridized carbons (Fsp3) is 0.571. The van der Waals surface area contributed by atoms with Gasteiger partial charge in [0.1, 0.15) is 11.6 Å². The number of ether oxygens (including phenoxy) is 1. The Morgan fingerprint density at radius 2 is 2.06 bits per heavy atom. The van der Waals surface area contributed by atoms with Crippen molar-refractivity contribution in [2.45, 2.75) is 33.2 Å². The van der Waals surface area contributed by atoms with Gasteiger partial charge in [0.25, 0.3) is 0 Å². The maximum Gasteiger partial charge on any atom is 0.131 e. The van der Waals surface area contributed by atoms with Crippen LogP contribution in [0.4, 0.5) is 4.39 Å². The van der Waals surface area contributed by atoms with E-state index in [2.05, 4.69) is 19.2 Å². The van der Waals surface area contributed by atoms with Gasteiger partial charge in [-0.25, -0.2) is 4.39 Å². The molecule has 2 nitrogen and oxygen atoms in total. The summed E-state index contributed by atoms with van der Waals surface area (Å²) in [6.07, 6.45) is 0.995. The van der Waals surface area contributed by atoms with Crippen molar-refractivity contribution < 1.29 is 9.13 Å². The lowest BCUT2D eigenvalue weighted by Crippen LogP contribution is -2.27. The summed E-state index contributed by atoms with van der Waals surface area (Å²) in [5, 5.41) is 3.35. The van der Waals surface area contributed by atoms with E-state index in [4.69, 9.17) is 4.74 Å². The van der Waals surface area contributed by atoms with Gasteiger partial charge >= 0.3 is 0 Å². The minimum Gasteiger partial charge on any atom is -0.496 e. The fourth-order valence-electron chi connectivity index (χ4n) is 2.04. The normalized spacial score (nSPS) is 14.4. The molecule has 0 heterocycles. The second kappa shape index (κ2) is 6.60. The Bertz CT molecular complexity index is 354. The third-order valence-corrected chi connectivity index (χ3v) is 3.18. The molecule has 1 rings (SSSR count). The van der Waals surface area contributed by atoms with Crippen LogP contribution in [-0.4, -0.2) is 13.7 Å². The molecule has 0 radical (unpaired) electrons. The molecular formula is C14H22FNO. The highest BCUT2D eigenvalue weighted by atomic mass is 19.1. The standard InChI is InChI=1S/C14H22FNO/c1-5-10(3)14(16-6-2)13-11(15)8-7-9-12(13)17-4/h7-10,14,16H,5-6H2,1-4H3. The molecule has 0 aliphatic heterocycles. The Morgan fingerprint density at radius 1 is 1.35 bits per heavy atom. The van der Waals surface area contributed by atoms with E-state index in [-0.39, 0.29) is 11.9 Å². The van der Waals surface area contributed by atoms with Crippen molar-refractivity contribution in [2.75, 3.05) is 13.7 Å². The lowest BCUT2D eigenvalue weighted by molar-refractivity contribution is 0.343. The van der Waals surface area contributed by atoms with Crippen molar-refractivity contribution in [3.8, 4) is 5.75 Å². The molecule has 0 aromatic heterocycles. The van der Waals surface area contributed by atoms with E-state index in [1.54, 1.807) is 13.2 Å². The van der Waals surface area contributed by atoms with Gasteiger partial charge in [0.05, 0.1) is 7.11 Å². The van der Waals surface area contributed by atoms with Gasteiger partial charge in [0.15, 0.2) is 0 Å². The summed E-state index contributed by atoms with van der Waals surface area (Å²) in [6, 6.07) is 4.98. The highest BCUT2D eigenvalue weighted by Crippen LogP contribution is 2.33. The summed E-state index contributed by atoms with van der Waals surface area (Å²) < 4.78 is 19.3. The van der Waals surface area contributed by atoms with Gasteiger partial charge in [-0.05, 0) is 24.6 Å². The topological polar surface area (TPSA) is 21.3 Å². The Labute approximate surface area is 103 Å². The zero-order valence-electron chi connectivity index (χ0n) is 11.1. The van der Waals surface area contributed by atoms with Crippen LogP contribution in [0.5, 0.6) is 5.75 Å². The molecule has 17 heavy (non-hydrogen) atoms. The van der Waals surface area contributed by atoms with Crippen LogP contribution in [0.3, 0.4) is 0 Å². The predicted molar refractivity (Wildman–Crippen MR) is 68.8 cm³/mol. The number of hydrogen-bond donors (Lipinski definition) is 1. The molecule has 1 aromatic carbocycles. The molecular weight excluding hydrogens is 217 g/mol. The molecule has 2 unspecified atom stereocenters. The minimum atomic E-state index is -0.199. The van der Waals surface area contributed by atoms with Crippen LogP contribution in [0, 0.1) is 11.7 Å². The average molecular weight is 239 g/mol. The second-order valence-corrected chi connectivity index (χ2v) is 4.28. The monoisotopic (exact) mass is 239 g/mol. The molecule has 1 N–H and O–H groups in total. The molecule has 0 bridgehead atoms. The summed E-state index contributed by atoms with van der Waals surface area (Å²) in [7, 11) is 1.58. The second-order valence-electron chi connectivity index (χ2n) is 4.28. The zero-order valence-corrected chi connectivity index (χ0v) is 11.1. The van der Waals surface area contributed by atoms with Crippen LogP contribution in [0.2, 0.25) is 0 Å². The molecule has 0 amide bonds. The molecule has 0 saturated carbocycles. The van der Waals surface area contributed by atoms with Crippen LogP contribution in [0.1, 0.15) is 38.8 Å². The highest BCUT2D eigenvalue weighted by Gasteiger charge is 2.23. The number of benzene rings is 1. The highest BCUT2D eigenvalue weighted by molar-refractivity contribution is 5.37. The van der Waals surface area contributed by atoms with Gasteiger partial charge in [-0.2, -0.15) is 0 Å². The van der Waals surface area contributed by atoms with E-state index >= 15 is 0 Å². The first kappa shape index (κ1) is 14.0. The molecule has 0 fully saturated rings. The number of rotatable bonds is 6. The third-order valence-electron chi connectivity index (χ3n) is 3.18. The molecule has 2 atom stereocenters. The minimum absolute atomic E-state index is 0.00106. The van der Waals surface area contributed by atoms with Crippen molar-refractivity contribution in [2.24, 2.45) is 5.92 Å². The van der Waals surface area contributed by atoms with Gasteiger partial charge in [-0.1, -0.05) is 33.3 Å². The maximum atomic E-state index is 14.0. The van der Waals surface area contributed by atoms with E-state index < -0.39 is 0 Å². The molecule has 0 aliphatic carbocycles. The smallest absolute Gasteiger partial charge is 0.131 e. The van der Waals surface area contributed by atoms with Crippen LogP contribution < -0.4 is 10.1 Å². The van der Waals surface area contributed by atoms with Crippen molar-refractivity contribution >= 4 is 0 Å². The molecule has 0 saturated heterocycles. The van der Waals surface area contributed by atoms with E-state index in [1.165, 1.54) is 6.07 Å². The van der Waals surface area contributed by atoms with E-state index in [1.807, 2.05) is 13.0 Å². The Balaban J connectivity index is 3.16. The first-order valence-electron chi connectivity index (χ1n) is 6.21. The van der Waals surface area contributed by atoms with Gasteiger partial charge in [-0.3, -0.25) is 0 Å². The van der Waals surface area contributed by atoms with Crippen molar-refractivity contribution in [3.63, 3.8) is 0 Å². The first-order valence-corrected chi connectivity index (χ1v) is 6.21. The Kier molecular flexibility index (Phi) is 5.42. The van der Waals surface area contributed by atoms with E-state index in [0.717, 1.165) is 13.0 Å². The van der Waals surface area contributed by atoms with Gasteiger partial charge < -0.3 is 10.1 Å². The Morgan fingerprint density at radius 3 is 2.59 bits per heavy atom. The number of nitrogens with one attached hydrogen (secondary N) is 1. The number of halogens is 1. The molecule has 96 valence electrons. The molecule has 1 aromatic rings. The lowest BCUT2D eigenvalue weighted by atomic mass is 9.91. The molecule has 0 spiro atoms. The van der Waals surface area contributed by atoms with Crippen LogP contribution in [0.25, 0.3) is 0 Å². The molecule has 3 heteroatoms. The number of methoxy groups -OCH3 is 1. The summed E-state index contributed by atoms with van der Waals surface area (Å²) >= 11 is 0. The summed E-state index contributed by atoms with van der Waals surface area (Å²) in [6.45, 7) is 7.08. The van der Waals surface area contributed by atoms with Crippen molar-refractivity contribution in [1.82, 2.24) is 5.32 Å². The van der Waals surface area contributed by atoms with Gasteiger partial charge in [0, 0.05) is 11.6 Å². The van der Waals surface area contributed by atoms with Gasteiger partial charge in [-0.15, -0.1) is 0 Å². The maximum absolute atomic E-state index is 14.0. The quantitative estimate of drug-likeness (QED) is 0.820. The summed E-state index contributed by atoms with van der Waals surface area (Å²) in [5.41, 5.74) is 0.645.